The molecule has 23 heavy (non-hydrogen) atoms. The van der Waals surface area contributed by atoms with E-state index in [1.807, 2.05) is 0 Å². The maximum atomic E-state index is 10.5. The number of hydrogen-bond acceptors (Lipinski definition) is 3. The number of halogens is 1. The summed E-state index contributed by atoms with van der Waals surface area (Å²) in [6.07, 6.45) is 6.93. The number of aliphatic hydroxyl groups is 1. The van der Waals surface area contributed by atoms with Crippen LogP contribution >= 0.6 is 24.0 Å². The lowest BCUT2D eigenvalue weighted by Crippen LogP contribution is -2.43. The van der Waals surface area contributed by atoms with Crippen molar-refractivity contribution in [1.82, 2.24) is 10.2 Å². The molecule has 3 rings (SSSR count). The fourth-order valence-electron chi connectivity index (χ4n) is 3.52. The summed E-state index contributed by atoms with van der Waals surface area (Å²) in [4.78, 5) is 7.02. The molecule has 1 saturated heterocycles. The van der Waals surface area contributed by atoms with E-state index in [2.05, 4.69) is 22.1 Å². The molecule has 2 aliphatic rings. The SMILES string of the molecule is CCNC(=NCC(C)(O)c1ccco1)N1CCC2(CCC2)C1.I. The van der Waals surface area contributed by atoms with Gasteiger partial charge in [0.1, 0.15) is 11.4 Å². The van der Waals surface area contributed by atoms with E-state index in [4.69, 9.17) is 4.42 Å². The molecule has 1 aromatic rings. The van der Waals surface area contributed by atoms with E-state index in [1.165, 1.54) is 25.7 Å². The van der Waals surface area contributed by atoms with Gasteiger partial charge < -0.3 is 19.7 Å². The summed E-state index contributed by atoms with van der Waals surface area (Å²) in [6.45, 7) is 7.12. The first-order valence-electron chi connectivity index (χ1n) is 8.34. The number of furan rings is 1. The minimum Gasteiger partial charge on any atom is -0.466 e. The van der Waals surface area contributed by atoms with Crippen molar-refractivity contribution in [3.63, 3.8) is 0 Å². The summed E-state index contributed by atoms with van der Waals surface area (Å²) in [5, 5.41) is 13.9. The van der Waals surface area contributed by atoms with Crippen molar-refractivity contribution < 1.29 is 9.52 Å². The predicted octanol–water partition coefficient (Wildman–Crippen LogP) is 2.95. The van der Waals surface area contributed by atoms with Gasteiger partial charge in [0.15, 0.2) is 5.96 Å². The van der Waals surface area contributed by atoms with Gasteiger partial charge in [0.05, 0.1) is 12.8 Å². The van der Waals surface area contributed by atoms with Crippen molar-refractivity contribution in [2.75, 3.05) is 26.2 Å². The van der Waals surface area contributed by atoms with E-state index >= 15 is 0 Å². The first-order valence-corrected chi connectivity index (χ1v) is 8.34. The molecule has 1 spiro atoms. The standard InChI is InChI=1S/C17H27N3O2.HI/c1-3-18-15(20-10-9-17(13-20)7-5-8-17)19-12-16(2,21)14-6-4-11-22-14;/h4,6,11,21H,3,5,7-10,12-13H2,1-2H3,(H,18,19);1H. The number of nitrogens with zero attached hydrogens (tertiary/aromatic N) is 2. The maximum absolute atomic E-state index is 10.5. The van der Waals surface area contributed by atoms with Crippen LogP contribution in [0, 0.1) is 5.41 Å². The third-order valence-corrected chi connectivity index (χ3v) is 5.08. The van der Waals surface area contributed by atoms with Crippen LogP contribution in [0.3, 0.4) is 0 Å². The second-order valence-electron chi connectivity index (χ2n) is 6.95. The molecule has 1 aromatic heterocycles. The zero-order chi connectivity index (χ0) is 15.6. The van der Waals surface area contributed by atoms with Gasteiger partial charge in [0.25, 0.3) is 0 Å². The van der Waals surface area contributed by atoms with Crippen LogP contribution in [0.2, 0.25) is 0 Å². The van der Waals surface area contributed by atoms with Crippen LogP contribution < -0.4 is 5.32 Å². The Morgan fingerprint density at radius 1 is 1.48 bits per heavy atom. The highest BCUT2D eigenvalue weighted by Gasteiger charge is 2.43. The molecule has 1 atom stereocenters. The third kappa shape index (κ3) is 4.02. The molecule has 0 bridgehead atoms. The van der Waals surface area contributed by atoms with Crippen LogP contribution in [-0.4, -0.2) is 42.1 Å². The molecule has 1 saturated carbocycles. The summed E-state index contributed by atoms with van der Waals surface area (Å²) in [6, 6.07) is 3.58. The summed E-state index contributed by atoms with van der Waals surface area (Å²) in [5.41, 5.74) is -0.530. The topological polar surface area (TPSA) is 61.0 Å². The number of guanidine groups is 1. The molecular formula is C17H28IN3O2. The molecule has 2 N–H and O–H groups in total. The Morgan fingerprint density at radius 2 is 2.26 bits per heavy atom. The third-order valence-electron chi connectivity index (χ3n) is 5.08. The van der Waals surface area contributed by atoms with Gasteiger partial charge in [-0.15, -0.1) is 24.0 Å². The van der Waals surface area contributed by atoms with Gasteiger partial charge in [-0.25, -0.2) is 4.99 Å². The van der Waals surface area contributed by atoms with Gasteiger partial charge in [-0.3, -0.25) is 0 Å². The van der Waals surface area contributed by atoms with E-state index in [0.717, 1.165) is 25.6 Å². The monoisotopic (exact) mass is 433 g/mol. The Kier molecular flexibility index (Phi) is 5.99. The van der Waals surface area contributed by atoms with Crippen LogP contribution in [0.15, 0.2) is 27.8 Å². The van der Waals surface area contributed by atoms with Gasteiger partial charge in [0.2, 0.25) is 0 Å². The number of hydrogen-bond donors (Lipinski definition) is 2. The van der Waals surface area contributed by atoms with Gasteiger partial charge in [-0.1, -0.05) is 6.42 Å². The van der Waals surface area contributed by atoms with E-state index in [1.54, 1.807) is 25.3 Å². The molecule has 1 unspecified atom stereocenters. The van der Waals surface area contributed by atoms with E-state index in [9.17, 15) is 5.11 Å². The van der Waals surface area contributed by atoms with Crippen molar-refractivity contribution in [3.8, 4) is 0 Å². The zero-order valence-corrected chi connectivity index (χ0v) is 16.4. The summed E-state index contributed by atoms with van der Waals surface area (Å²) in [5.74, 6) is 1.47. The minimum absolute atomic E-state index is 0. The fourth-order valence-corrected chi connectivity index (χ4v) is 3.52. The summed E-state index contributed by atoms with van der Waals surface area (Å²) >= 11 is 0. The Hall–Kier alpha value is -0.760. The van der Waals surface area contributed by atoms with Crippen LogP contribution in [0.4, 0.5) is 0 Å². The Labute approximate surface area is 155 Å². The number of rotatable bonds is 4. The lowest BCUT2D eigenvalue weighted by Gasteiger charge is -2.38. The number of likely N-dealkylation sites (tertiary alicyclic amines) is 1. The molecule has 5 nitrogen and oxygen atoms in total. The molecule has 6 heteroatoms. The lowest BCUT2D eigenvalue weighted by molar-refractivity contribution is 0.0434. The molecule has 2 heterocycles. The zero-order valence-electron chi connectivity index (χ0n) is 14.0. The highest BCUT2D eigenvalue weighted by atomic mass is 127. The second kappa shape index (κ2) is 7.42. The Morgan fingerprint density at radius 3 is 2.78 bits per heavy atom. The van der Waals surface area contributed by atoms with E-state index < -0.39 is 5.60 Å². The van der Waals surface area contributed by atoms with E-state index in [0.29, 0.717) is 17.7 Å². The normalized spacial score (nSPS) is 22.4. The van der Waals surface area contributed by atoms with Crippen molar-refractivity contribution in [3.05, 3.63) is 24.2 Å². The molecule has 1 aliphatic heterocycles. The molecule has 0 aromatic carbocycles. The van der Waals surface area contributed by atoms with Gasteiger partial charge >= 0.3 is 0 Å². The molecular weight excluding hydrogens is 405 g/mol. The van der Waals surface area contributed by atoms with E-state index in [-0.39, 0.29) is 24.0 Å². The van der Waals surface area contributed by atoms with Crippen molar-refractivity contribution >= 4 is 29.9 Å². The largest absolute Gasteiger partial charge is 0.466 e. The van der Waals surface area contributed by atoms with Crippen LogP contribution in [0.1, 0.15) is 45.3 Å². The predicted molar refractivity (Wildman–Crippen MR) is 102 cm³/mol. The minimum atomic E-state index is -1.07. The quantitative estimate of drug-likeness (QED) is 0.436. The average Bonchev–Trinajstić information content (AvgIpc) is 3.11. The smallest absolute Gasteiger partial charge is 0.194 e. The Balaban J connectivity index is 0.00000192. The van der Waals surface area contributed by atoms with Gasteiger partial charge in [0, 0.05) is 19.6 Å². The van der Waals surface area contributed by atoms with Gasteiger partial charge in [-0.2, -0.15) is 0 Å². The average molecular weight is 433 g/mol. The maximum Gasteiger partial charge on any atom is 0.194 e. The highest BCUT2D eigenvalue weighted by Crippen LogP contribution is 2.47. The Bertz CT molecular complexity index is 524. The molecule has 1 aliphatic carbocycles. The first-order chi connectivity index (χ1) is 10.5. The highest BCUT2D eigenvalue weighted by molar-refractivity contribution is 14.0. The molecule has 130 valence electrons. The number of aliphatic imine (C=N–C) groups is 1. The number of nitrogens with one attached hydrogen (secondary N) is 1. The van der Waals surface area contributed by atoms with Crippen LogP contribution in [0.5, 0.6) is 0 Å². The second-order valence-corrected chi connectivity index (χ2v) is 6.95. The summed E-state index contributed by atoms with van der Waals surface area (Å²) < 4.78 is 5.32. The molecule has 0 amide bonds. The van der Waals surface area contributed by atoms with Crippen LogP contribution in [0.25, 0.3) is 0 Å². The lowest BCUT2D eigenvalue weighted by atomic mass is 9.68. The van der Waals surface area contributed by atoms with Crippen molar-refractivity contribution in [2.24, 2.45) is 10.4 Å². The molecule has 2 fully saturated rings. The van der Waals surface area contributed by atoms with Gasteiger partial charge in [-0.05, 0) is 50.7 Å². The fraction of sp³-hybridized carbons (Fsp3) is 0.706. The summed E-state index contributed by atoms with van der Waals surface area (Å²) in [7, 11) is 0. The van der Waals surface area contributed by atoms with Crippen LogP contribution in [-0.2, 0) is 5.60 Å². The first kappa shape index (κ1) is 18.6. The van der Waals surface area contributed by atoms with Crippen molar-refractivity contribution in [2.45, 2.75) is 45.1 Å². The molecule has 0 radical (unpaired) electrons. The van der Waals surface area contributed by atoms with Crippen molar-refractivity contribution in [1.29, 1.82) is 0 Å².